The molecule has 0 aromatic heterocycles. The first-order valence-electron chi connectivity index (χ1n) is 10.4. The van der Waals surface area contributed by atoms with E-state index in [1.165, 1.54) is 36.3 Å². The zero-order valence-electron chi connectivity index (χ0n) is 17.3. The van der Waals surface area contributed by atoms with Crippen LogP contribution in [0.15, 0.2) is 35.9 Å². The first kappa shape index (κ1) is 22.5. The molecule has 8 heteroatoms. The van der Waals surface area contributed by atoms with Crippen molar-refractivity contribution in [3.05, 3.63) is 35.9 Å². The van der Waals surface area contributed by atoms with Gasteiger partial charge in [-0.05, 0) is 19.8 Å². The Labute approximate surface area is 181 Å². The highest BCUT2D eigenvalue weighted by Gasteiger charge is 2.58. The van der Waals surface area contributed by atoms with Gasteiger partial charge in [-0.2, -0.15) is 0 Å². The molecule has 0 aromatic carbocycles. The number of nitrogens with zero attached hydrogens (tertiary/aromatic N) is 1. The highest BCUT2D eigenvalue weighted by molar-refractivity contribution is 8.03. The second kappa shape index (κ2) is 10.2. The molecular weight excluding hydrogens is 406 g/mol. The van der Waals surface area contributed by atoms with Gasteiger partial charge in [0, 0.05) is 16.6 Å². The summed E-state index contributed by atoms with van der Waals surface area (Å²) in [6, 6.07) is -0.211. The summed E-state index contributed by atoms with van der Waals surface area (Å²) in [6.07, 6.45) is 7.88. The molecule has 1 unspecified atom stereocenters. The van der Waals surface area contributed by atoms with Crippen LogP contribution in [0, 0.1) is 5.92 Å². The van der Waals surface area contributed by atoms with E-state index < -0.39 is 24.1 Å². The van der Waals surface area contributed by atoms with Gasteiger partial charge in [-0.3, -0.25) is 4.79 Å². The molecule has 0 bridgehead atoms. The minimum absolute atomic E-state index is 0.0444. The number of hydrogen-bond acceptors (Lipinski definition) is 7. The van der Waals surface area contributed by atoms with Crippen molar-refractivity contribution in [2.75, 3.05) is 13.2 Å². The van der Waals surface area contributed by atoms with E-state index in [4.69, 9.17) is 14.2 Å². The van der Waals surface area contributed by atoms with E-state index in [2.05, 4.69) is 13.2 Å². The van der Waals surface area contributed by atoms with Gasteiger partial charge in [0.1, 0.15) is 25.0 Å². The molecule has 30 heavy (non-hydrogen) atoms. The Kier molecular flexibility index (Phi) is 7.64. The second-order valence-corrected chi connectivity index (χ2v) is 9.11. The lowest BCUT2D eigenvalue weighted by atomic mass is 9.83. The van der Waals surface area contributed by atoms with Gasteiger partial charge in [-0.25, -0.2) is 9.59 Å². The molecule has 1 aliphatic carbocycles. The summed E-state index contributed by atoms with van der Waals surface area (Å²) >= 11 is 1.70. The number of fused-ring (bicyclic) bond motifs is 1. The Morgan fingerprint density at radius 3 is 2.50 bits per heavy atom. The molecule has 2 fully saturated rings. The standard InChI is InChI=1S/C22H29NO6S/c1-4-11-27-21(25)19-17(30-15-9-7-6-8-10-15)13-16-18(20(24)23(16)19)14(3)29-22(26)28-12-5-2/h4-5,14-16,18H,1-2,6-13H2,3H3/t14?,16-,18-/m1/s1. The van der Waals surface area contributed by atoms with Crippen LogP contribution >= 0.6 is 11.8 Å². The van der Waals surface area contributed by atoms with Crippen molar-refractivity contribution in [3.8, 4) is 0 Å². The van der Waals surface area contributed by atoms with Gasteiger partial charge in [0.25, 0.3) is 0 Å². The van der Waals surface area contributed by atoms with Crippen molar-refractivity contribution in [1.82, 2.24) is 4.90 Å². The molecule has 0 radical (unpaired) electrons. The highest BCUT2D eigenvalue weighted by Crippen LogP contribution is 2.49. The Morgan fingerprint density at radius 2 is 1.83 bits per heavy atom. The lowest BCUT2D eigenvalue weighted by Crippen LogP contribution is -2.62. The number of rotatable bonds is 9. The number of carbonyl (C=O) groups is 3. The molecule has 3 atom stereocenters. The van der Waals surface area contributed by atoms with Gasteiger partial charge in [0.2, 0.25) is 5.91 Å². The maximum Gasteiger partial charge on any atom is 0.508 e. The molecule has 1 saturated carbocycles. The first-order valence-corrected chi connectivity index (χ1v) is 11.3. The van der Waals surface area contributed by atoms with Crippen LogP contribution in [0.2, 0.25) is 0 Å². The monoisotopic (exact) mass is 435 g/mol. The van der Waals surface area contributed by atoms with Crippen molar-refractivity contribution < 1.29 is 28.6 Å². The summed E-state index contributed by atoms with van der Waals surface area (Å²) < 4.78 is 15.4. The molecule has 2 aliphatic heterocycles. The van der Waals surface area contributed by atoms with E-state index >= 15 is 0 Å². The van der Waals surface area contributed by atoms with Crippen molar-refractivity contribution in [2.24, 2.45) is 5.92 Å². The van der Waals surface area contributed by atoms with Crippen LogP contribution in [0.5, 0.6) is 0 Å². The fraction of sp³-hybridized carbons (Fsp3) is 0.591. The van der Waals surface area contributed by atoms with Crippen molar-refractivity contribution in [3.63, 3.8) is 0 Å². The average molecular weight is 436 g/mol. The quantitative estimate of drug-likeness (QED) is 0.308. The van der Waals surface area contributed by atoms with Crippen LogP contribution < -0.4 is 0 Å². The maximum absolute atomic E-state index is 12.9. The van der Waals surface area contributed by atoms with Crippen molar-refractivity contribution in [1.29, 1.82) is 0 Å². The summed E-state index contributed by atoms with van der Waals surface area (Å²) in [5, 5.41) is 0.450. The third kappa shape index (κ3) is 4.74. The topological polar surface area (TPSA) is 82.1 Å². The molecule has 3 rings (SSSR count). The van der Waals surface area contributed by atoms with Crippen LogP contribution in [0.4, 0.5) is 4.79 Å². The Hall–Kier alpha value is -2.22. The number of amides is 1. The predicted molar refractivity (Wildman–Crippen MR) is 113 cm³/mol. The molecule has 7 nitrogen and oxygen atoms in total. The molecule has 1 amide bonds. The minimum Gasteiger partial charge on any atom is -0.457 e. The second-order valence-electron chi connectivity index (χ2n) is 7.71. The van der Waals surface area contributed by atoms with E-state index in [1.807, 2.05) is 0 Å². The number of hydrogen-bond donors (Lipinski definition) is 0. The van der Waals surface area contributed by atoms with Gasteiger partial charge in [-0.15, -0.1) is 11.8 Å². The van der Waals surface area contributed by atoms with Crippen LogP contribution in [0.3, 0.4) is 0 Å². The molecule has 0 spiro atoms. The number of ether oxygens (including phenoxy) is 3. The summed E-state index contributed by atoms with van der Waals surface area (Å²) in [6.45, 7) is 8.87. The largest absolute Gasteiger partial charge is 0.508 e. The smallest absolute Gasteiger partial charge is 0.457 e. The van der Waals surface area contributed by atoms with Crippen molar-refractivity contribution >= 4 is 29.8 Å². The average Bonchev–Trinajstić information content (AvgIpc) is 3.05. The number of β-lactam (4-membered cyclic amide) rings is 1. The van der Waals surface area contributed by atoms with Gasteiger partial charge in [0.05, 0.1) is 12.0 Å². The molecule has 0 N–H and O–H groups in total. The van der Waals surface area contributed by atoms with Gasteiger partial charge < -0.3 is 19.1 Å². The molecule has 3 aliphatic rings. The Balaban J connectivity index is 1.72. The summed E-state index contributed by atoms with van der Waals surface area (Å²) in [5.74, 6) is -1.23. The Bertz CT molecular complexity index is 742. The molecular formula is C22H29NO6S. The SMILES string of the molecule is C=CCOC(=O)OC(C)[C@H]1C(=O)N2C(C(=O)OCC=C)=C(SC3CCCCC3)C[C@H]12. The fourth-order valence-corrected chi connectivity index (χ4v) is 5.82. The van der Waals surface area contributed by atoms with E-state index in [-0.39, 0.29) is 25.2 Å². The summed E-state index contributed by atoms with van der Waals surface area (Å²) in [7, 11) is 0. The third-order valence-electron chi connectivity index (χ3n) is 5.66. The van der Waals surface area contributed by atoms with Crippen LogP contribution in [-0.2, 0) is 23.8 Å². The fourth-order valence-electron chi connectivity index (χ4n) is 4.29. The minimum atomic E-state index is -0.831. The van der Waals surface area contributed by atoms with E-state index in [0.29, 0.717) is 17.4 Å². The maximum atomic E-state index is 12.9. The van der Waals surface area contributed by atoms with Crippen LogP contribution in [-0.4, -0.2) is 53.5 Å². The van der Waals surface area contributed by atoms with Gasteiger partial charge >= 0.3 is 12.1 Å². The van der Waals surface area contributed by atoms with Gasteiger partial charge in [0.15, 0.2) is 0 Å². The van der Waals surface area contributed by atoms with Gasteiger partial charge in [-0.1, -0.05) is 44.6 Å². The Morgan fingerprint density at radius 1 is 1.17 bits per heavy atom. The predicted octanol–water partition coefficient (Wildman–Crippen LogP) is 3.95. The number of carbonyl (C=O) groups excluding carboxylic acids is 3. The molecule has 2 heterocycles. The van der Waals surface area contributed by atoms with Crippen LogP contribution in [0.25, 0.3) is 0 Å². The van der Waals surface area contributed by atoms with E-state index in [0.717, 1.165) is 17.7 Å². The zero-order valence-corrected chi connectivity index (χ0v) is 18.2. The number of thioether (sulfide) groups is 1. The molecule has 164 valence electrons. The zero-order chi connectivity index (χ0) is 21.7. The third-order valence-corrected chi connectivity index (χ3v) is 7.11. The normalized spacial score (nSPS) is 24.6. The molecule has 0 aromatic rings. The van der Waals surface area contributed by atoms with Crippen LogP contribution in [0.1, 0.15) is 45.4 Å². The number of esters is 1. The first-order chi connectivity index (χ1) is 14.5. The van der Waals surface area contributed by atoms with E-state index in [9.17, 15) is 14.4 Å². The van der Waals surface area contributed by atoms with E-state index in [1.54, 1.807) is 18.7 Å². The molecule has 1 saturated heterocycles. The summed E-state index contributed by atoms with van der Waals surface area (Å²) in [5.41, 5.74) is 0.347. The summed E-state index contributed by atoms with van der Waals surface area (Å²) in [4.78, 5) is 39.8. The van der Waals surface area contributed by atoms with Crippen molar-refractivity contribution in [2.45, 2.75) is 62.8 Å². The highest BCUT2D eigenvalue weighted by atomic mass is 32.2. The lowest BCUT2D eigenvalue weighted by Gasteiger charge is -2.45. The lowest BCUT2D eigenvalue weighted by molar-refractivity contribution is -0.162.